The fourth-order valence-electron chi connectivity index (χ4n) is 3.70. The van der Waals surface area contributed by atoms with Crippen LogP contribution in [0.5, 0.6) is 0 Å². The molecule has 4 nitrogen and oxygen atoms in total. The van der Waals surface area contributed by atoms with Crippen LogP contribution in [-0.2, 0) is 0 Å². The molecule has 1 aromatic rings. The van der Waals surface area contributed by atoms with Gasteiger partial charge in [-0.25, -0.2) is 0 Å². The summed E-state index contributed by atoms with van der Waals surface area (Å²) in [5.41, 5.74) is 0.882. The number of nitrogens with one attached hydrogen (secondary N) is 1. The first-order valence-corrected chi connectivity index (χ1v) is 10.1. The number of piperidine rings is 1. The van der Waals surface area contributed by atoms with Crippen molar-refractivity contribution in [2.75, 3.05) is 58.2 Å². The minimum Gasteiger partial charge on any atom is -0.346 e. The molecule has 0 saturated carbocycles. The average Bonchev–Trinajstić information content (AvgIpc) is 2.59. The van der Waals surface area contributed by atoms with Crippen molar-refractivity contribution in [1.82, 2.24) is 14.7 Å². The van der Waals surface area contributed by atoms with Crippen LogP contribution in [0.2, 0.25) is 10.0 Å². The fourth-order valence-corrected chi connectivity index (χ4v) is 4.30. The number of halogens is 2. The molecule has 1 aromatic carbocycles. The highest BCUT2D eigenvalue weighted by molar-refractivity contribution is 7.80. The number of hydrogen-bond donors (Lipinski definition) is 1. The van der Waals surface area contributed by atoms with Crippen LogP contribution in [0.3, 0.4) is 0 Å². The first-order chi connectivity index (χ1) is 12.0. The Hall–Kier alpha value is -0.590. The largest absolute Gasteiger partial charge is 0.346 e. The summed E-state index contributed by atoms with van der Waals surface area (Å²) in [6, 6.07) is 5.50. The van der Waals surface area contributed by atoms with Gasteiger partial charge in [-0.05, 0) is 62.8 Å². The van der Waals surface area contributed by atoms with Crippen LogP contribution < -0.4 is 5.32 Å². The molecule has 25 heavy (non-hydrogen) atoms. The van der Waals surface area contributed by atoms with Crippen molar-refractivity contribution in [3.8, 4) is 0 Å². The zero-order valence-electron chi connectivity index (χ0n) is 14.7. The van der Waals surface area contributed by atoms with Crippen LogP contribution in [0.1, 0.15) is 12.8 Å². The smallest absolute Gasteiger partial charge is 0.173 e. The van der Waals surface area contributed by atoms with E-state index in [0.29, 0.717) is 10.0 Å². The van der Waals surface area contributed by atoms with Crippen molar-refractivity contribution >= 4 is 46.2 Å². The van der Waals surface area contributed by atoms with E-state index >= 15 is 0 Å². The van der Waals surface area contributed by atoms with E-state index in [2.05, 4.69) is 27.1 Å². The Bertz CT molecular complexity index is 605. The number of likely N-dealkylation sites (tertiary alicyclic amines) is 1. The Morgan fingerprint density at radius 3 is 2.60 bits per heavy atom. The van der Waals surface area contributed by atoms with Crippen molar-refractivity contribution < 1.29 is 0 Å². The van der Waals surface area contributed by atoms with Crippen molar-refractivity contribution in [1.29, 1.82) is 0 Å². The van der Waals surface area contributed by atoms with Crippen molar-refractivity contribution in [3.63, 3.8) is 0 Å². The Balaban J connectivity index is 1.45. The molecule has 2 aliphatic heterocycles. The summed E-state index contributed by atoms with van der Waals surface area (Å²) in [6.07, 6.45) is 2.70. The molecule has 0 aliphatic carbocycles. The van der Waals surface area contributed by atoms with E-state index in [4.69, 9.17) is 35.4 Å². The molecule has 2 aliphatic rings. The molecular weight excluding hydrogens is 375 g/mol. The quantitative estimate of drug-likeness (QED) is 0.779. The fraction of sp³-hybridized carbons (Fsp3) is 0.611. The van der Waals surface area contributed by atoms with E-state index in [1.165, 1.54) is 32.5 Å². The summed E-state index contributed by atoms with van der Waals surface area (Å²) in [7, 11) is 2.23. The van der Waals surface area contributed by atoms with E-state index in [1.54, 1.807) is 6.07 Å². The lowest BCUT2D eigenvalue weighted by Gasteiger charge is -2.39. The number of anilines is 1. The van der Waals surface area contributed by atoms with Gasteiger partial charge >= 0.3 is 0 Å². The van der Waals surface area contributed by atoms with E-state index < -0.39 is 0 Å². The van der Waals surface area contributed by atoms with Crippen LogP contribution >= 0.6 is 35.4 Å². The minimum absolute atomic E-state index is 0.539. The summed E-state index contributed by atoms with van der Waals surface area (Å²) in [5.74, 6) is 0.812. The molecule has 7 heteroatoms. The van der Waals surface area contributed by atoms with Crippen LogP contribution in [-0.4, -0.2) is 72.7 Å². The van der Waals surface area contributed by atoms with Gasteiger partial charge in [0.15, 0.2) is 5.11 Å². The molecule has 2 saturated heterocycles. The van der Waals surface area contributed by atoms with Gasteiger partial charge in [-0.15, -0.1) is 0 Å². The molecule has 0 spiro atoms. The third-order valence-electron chi connectivity index (χ3n) is 5.07. The van der Waals surface area contributed by atoms with Crippen molar-refractivity contribution in [2.24, 2.45) is 5.92 Å². The first-order valence-electron chi connectivity index (χ1n) is 8.93. The molecule has 2 heterocycles. The zero-order chi connectivity index (χ0) is 17.8. The summed E-state index contributed by atoms with van der Waals surface area (Å²) < 4.78 is 0. The van der Waals surface area contributed by atoms with Crippen LogP contribution in [0.4, 0.5) is 5.69 Å². The molecule has 1 unspecified atom stereocenters. The third kappa shape index (κ3) is 5.44. The monoisotopic (exact) mass is 400 g/mol. The number of piperazine rings is 1. The second-order valence-corrected chi connectivity index (χ2v) is 8.32. The molecule has 0 radical (unpaired) electrons. The second kappa shape index (κ2) is 8.87. The standard InChI is InChI=1S/C18H26Cl2N4S/c1-22-6-2-3-14(12-22)13-23-7-9-24(10-8-23)18(25)21-15-4-5-16(19)17(20)11-15/h4-5,11,14H,2-3,6-10,12-13H2,1H3,(H,21,25). The number of rotatable bonds is 3. The Morgan fingerprint density at radius 2 is 1.92 bits per heavy atom. The Labute approximate surface area is 166 Å². The minimum atomic E-state index is 0.539. The topological polar surface area (TPSA) is 21.8 Å². The molecule has 3 rings (SSSR count). The highest BCUT2D eigenvalue weighted by Gasteiger charge is 2.24. The number of nitrogens with zero attached hydrogens (tertiary/aromatic N) is 3. The van der Waals surface area contributed by atoms with Gasteiger partial charge in [0.25, 0.3) is 0 Å². The molecule has 0 amide bonds. The maximum Gasteiger partial charge on any atom is 0.173 e. The van der Waals surface area contributed by atoms with Gasteiger partial charge in [0.1, 0.15) is 0 Å². The summed E-state index contributed by atoms with van der Waals surface area (Å²) >= 11 is 17.6. The molecule has 0 aromatic heterocycles. The molecule has 1 N–H and O–H groups in total. The zero-order valence-corrected chi connectivity index (χ0v) is 17.0. The highest BCUT2D eigenvalue weighted by atomic mass is 35.5. The summed E-state index contributed by atoms with van der Waals surface area (Å²) in [5, 5.41) is 5.12. The van der Waals surface area contributed by atoms with E-state index in [-0.39, 0.29) is 0 Å². The lowest BCUT2D eigenvalue weighted by atomic mass is 9.97. The molecule has 0 bridgehead atoms. The molecule has 138 valence electrons. The van der Waals surface area contributed by atoms with Gasteiger partial charge in [0.2, 0.25) is 0 Å². The van der Waals surface area contributed by atoms with Gasteiger partial charge in [-0.1, -0.05) is 23.2 Å². The second-order valence-electron chi connectivity index (χ2n) is 7.12. The van der Waals surface area contributed by atoms with E-state index in [0.717, 1.165) is 42.9 Å². The van der Waals surface area contributed by atoms with Crippen LogP contribution in [0.15, 0.2) is 18.2 Å². The van der Waals surface area contributed by atoms with Crippen molar-refractivity contribution in [2.45, 2.75) is 12.8 Å². The maximum atomic E-state index is 6.07. The number of benzene rings is 1. The lowest BCUT2D eigenvalue weighted by molar-refractivity contribution is 0.122. The lowest BCUT2D eigenvalue weighted by Crippen LogP contribution is -2.51. The maximum absolute atomic E-state index is 6.07. The van der Waals surface area contributed by atoms with Crippen LogP contribution in [0, 0.1) is 5.92 Å². The highest BCUT2D eigenvalue weighted by Crippen LogP contribution is 2.25. The van der Waals surface area contributed by atoms with Gasteiger partial charge in [-0.2, -0.15) is 0 Å². The van der Waals surface area contributed by atoms with Gasteiger partial charge < -0.3 is 15.1 Å². The normalized spacial score (nSPS) is 22.8. The van der Waals surface area contributed by atoms with Gasteiger partial charge in [-0.3, -0.25) is 4.90 Å². The summed E-state index contributed by atoms with van der Waals surface area (Å²) in [6.45, 7) is 7.78. The first kappa shape index (κ1) is 19.2. The molecule has 2 fully saturated rings. The SMILES string of the molecule is CN1CCCC(CN2CCN(C(=S)Nc3ccc(Cl)c(Cl)c3)CC2)C1. The van der Waals surface area contributed by atoms with Gasteiger partial charge in [0, 0.05) is 45.0 Å². The number of thiocarbonyl (C=S) groups is 1. The van der Waals surface area contributed by atoms with Crippen molar-refractivity contribution in [3.05, 3.63) is 28.2 Å². The molecule has 1 atom stereocenters. The van der Waals surface area contributed by atoms with E-state index in [1.807, 2.05) is 12.1 Å². The predicted octanol–water partition coefficient (Wildman–Crippen LogP) is 3.65. The Morgan fingerprint density at radius 1 is 1.16 bits per heavy atom. The number of hydrogen-bond acceptors (Lipinski definition) is 3. The summed E-state index contributed by atoms with van der Waals surface area (Å²) in [4.78, 5) is 7.28. The Kier molecular flexibility index (Phi) is 6.80. The van der Waals surface area contributed by atoms with Crippen LogP contribution in [0.25, 0.3) is 0 Å². The average molecular weight is 401 g/mol. The third-order valence-corrected chi connectivity index (χ3v) is 6.17. The van der Waals surface area contributed by atoms with E-state index in [9.17, 15) is 0 Å². The predicted molar refractivity (Wildman–Crippen MR) is 111 cm³/mol. The molecular formula is C18H26Cl2N4S. The van der Waals surface area contributed by atoms with Gasteiger partial charge in [0.05, 0.1) is 10.0 Å².